The summed E-state index contributed by atoms with van der Waals surface area (Å²) < 4.78 is 13.0. The Hall–Kier alpha value is -7.18. The van der Waals surface area contributed by atoms with Crippen LogP contribution in [0.2, 0.25) is 0 Å². The number of benzene rings is 7. The van der Waals surface area contributed by atoms with Crippen LogP contribution in [0.4, 0.5) is 0 Å². The Bertz CT molecular complexity index is 2750. The van der Waals surface area contributed by atoms with Crippen molar-refractivity contribution in [2.45, 2.75) is 5.41 Å². The number of hydrogen-bond acceptors (Lipinski definition) is 6. The first kappa shape index (κ1) is 29.5. The number of fused-ring (bicyclic) bond motifs is 10. The van der Waals surface area contributed by atoms with Crippen LogP contribution in [0.1, 0.15) is 22.3 Å². The number of rotatable bonds is 4. The van der Waals surface area contributed by atoms with Gasteiger partial charge in [0.25, 0.3) is 0 Å². The van der Waals surface area contributed by atoms with Gasteiger partial charge >= 0.3 is 0 Å². The van der Waals surface area contributed by atoms with Crippen molar-refractivity contribution in [1.29, 1.82) is 0 Å². The van der Waals surface area contributed by atoms with Gasteiger partial charge in [0.05, 0.1) is 5.41 Å². The zero-order valence-electron chi connectivity index (χ0n) is 28.3. The van der Waals surface area contributed by atoms with E-state index in [1.807, 2.05) is 97.1 Å². The monoisotopic (exact) mass is 680 g/mol. The molecule has 1 spiro atoms. The third-order valence-corrected chi connectivity index (χ3v) is 10.4. The fourth-order valence-electron chi connectivity index (χ4n) is 8.20. The van der Waals surface area contributed by atoms with Crippen LogP contribution in [0, 0.1) is 0 Å². The van der Waals surface area contributed by atoms with Gasteiger partial charge in [-0.3, -0.25) is 0 Å². The Morgan fingerprint density at radius 3 is 1.66 bits per heavy atom. The molecule has 6 heteroatoms. The molecule has 2 aliphatic rings. The number of oxazole rings is 1. The van der Waals surface area contributed by atoms with Crippen molar-refractivity contribution >= 4 is 11.1 Å². The van der Waals surface area contributed by atoms with E-state index in [-0.39, 0.29) is 0 Å². The van der Waals surface area contributed by atoms with Gasteiger partial charge in [0, 0.05) is 33.4 Å². The second-order valence-electron chi connectivity index (χ2n) is 13.4. The van der Waals surface area contributed by atoms with Crippen LogP contribution in [-0.2, 0) is 5.41 Å². The molecule has 0 radical (unpaired) electrons. The first-order chi connectivity index (χ1) is 26.3. The molecule has 0 amide bonds. The predicted molar refractivity (Wildman–Crippen MR) is 207 cm³/mol. The molecule has 11 rings (SSSR count). The van der Waals surface area contributed by atoms with Gasteiger partial charge in [-0.15, -0.1) is 0 Å². The van der Waals surface area contributed by atoms with E-state index in [0.717, 1.165) is 78.2 Å². The van der Waals surface area contributed by atoms with E-state index in [4.69, 9.17) is 29.1 Å². The lowest BCUT2D eigenvalue weighted by atomic mass is 9.65. The molecule has 1 aliphatic carbocycles. The topological polar surface area (TPSA) is 73.9 Å². The molecule has 53 heavy (non-hydrogen) atoms. The summed E-state index contributed by atoms with van der Waals surface area (Å²) in [7, 11) is 0. The van der Waals surface area contributed by atoms with Crippen molar-refractivity contribution in [3.8, 4) is 68.2 Å². The predicted octanol–water partition coefficient (Wildman–Crippen LogP) is 11.1. The highest BCUT2D eigenvalue weighted by molar-refractivity contribution is 5.94. The molecule has 1 aliphatic heterocycles. The largest absolute Gasteiger partial charge is 0.457 e. The van der Waals surface area contributed by atoms with Gasteiger partial charge in [-0.25, -0.2) is 19.9 Å². The van der Waals surface area contributed by atoms with Crippen LogP contribution in [0.25, 0.3) is 67.8 Å². The van der Waals surface area contributed by atoms with Gasteiger partial charge in [0.1, 0.15) is 17.0 Å². The van der Waals surface area contributed by atoms with E-state index >= 15 is 0 Å². The van der Waals surface area contributed by atoms with Crippen molar-refractivity contribution in [1.82, 2.24) is 19.9 Å². The van der Waals surface area contributed by atoms with Crippen LogP contribution in [0.3, 0.4) is 0 Å². The third-order valence-electron chi connectivity index (χ3n) is 10.4. The smallest absolute Gasteiger partial charge is 0.227 e. The summed E-state index contributed by atoms with van der Waals surface area (Å²) in [5.41, 5.74) is 11.0. The summed E-state index contributed by atoms with van der Waals surface area (Å²) >= 11 is 0. The zero-order valence-corrected chi connectivity index (χ0v) is 28.3. The van der Waals surface area contributed by atoms with Gasteiger partial charge in [0.15, 0.2) is 23.1 Å². The van der Waals surface area contributed by atoms with Gasteiger partial charge in [0.2, 0.25) is 5.89 Å². The quantitative estimate of drug-likeness (QED) is 0.184. The minimum Gasteiger partial charge on any atom is -0.457 e. The normalized spacial score (nSPS) is 13.2. The minimum absolute atomic E-state index is 0.575. The molecule has 0 unspecified atom stereocenters. The molecule has 0 bridgehead atoms. The van der Waals surface area contributed by atoms with E-state index in [1.54, 1.807) is 0 Å². The average molecular weight is 681 g/mol. The zero-order chi connectivity index (χ0) is 34.9. The number of aromatic nitrogens is 4. The van der Waals surface area contributed by atoms with Crippen molar-refractivity contribution < 1.29 is 9.15 Å². The van der Waals surface area contributed by atoms with Crippen molar-refractivity contribution in [3.05, 3.63) is 192 Å². The summed E-state index contributed by atoms with van der Waals surface area (Å²) in [4.78, 5) is 20.4. The van der Waals surface area contributed by atoms with Crippen LogP contribution >= 0.6 is 0 Å². The molecule has 7 aromatic carbocycles. The maximum atomic E-state index is 6.68. The summed E-state index contributed by atoms with van der Waals surface area (Å²) in [6, 6.07) is 57.9. The van der Waals surface area contributed by atoms with Gasteiger partial charge < -0.3 is 9.15 Å². The molecule has 2 aromatic heterocycles. The van der Waals surface area contributed by atoms with Gasteiger partial charge in [-0.2, -0.15) is 0 Å². The fourth-order valence-corrected chi connectivity index (χ4v) is 8.20. The number of nitrogens with zero attached hydrogens (tertiary/aromatic N) is 4. The van der Waals surface area contributed by atoms with Crippen LogP contribution in [0.15, 0.2) is 174 Å². The van der Waals surface area contributed by atoms with Crippen LogP contribution in [-0.4, -0.2) is 19.9 Å². The SMILES string of the molecule is c1ccc(-c2nc(-c3ccccc3)nc(-c3cccc4c3C3(c5ccccc5Oc5ccccc53)c3cc(-c5nc6ccccc6o5)ccc3-4)n2)cc1. The Balaban J connectivity index is 1.24. The van der Waals surface area contributed by atoms with Crippen molar-refractivity contribution in [2.75, 3.05) is 0 Å². The van der Waals surface area contributed by atoms with Crippen LogP contribution in [0.5, 0.6) is 11.5 Å². The second kappa shape index (κ2) is 11.4. The lowest BCUT2D eigenvalue weighted by molar-refractivity contribution is 0.436. The first-order valence-electron chi connectivity index (χ1n) is 17.6. The Kier molecular flexibility index (Phi) is 6.36. The van der Waals surface area contributed by atoms with E-state index < -0.39 is 5.41 Å². The highest BCUT2D eigenvalue weighted by Crippen LogP contribution is 2.64. The minimum atomic E-state index is -0.791. The van der Waals surface area contributed by atoms with Crippen LogP contribution < -0.4 is 4.74 Å². The molecule has 0 N–H and O–H groups in total. The highest BCUT2D eigenvalue weighted by Gasteiger charge is 2.52. The standard InChI is InChI=1S/C47H28N4O2/c1-3-14-29(15-4-1)43-49-44(30-16-5-2-6-17-30)51-45(50-43)34-19-13-18-33-32-27-26-31(46-48-38-22-9-12-25-41(38)53-46)28-37(32)47(42(33)34)35-20-7-10-23-39(35)52-40-24-11-8-21-36(40)47/h1-28H. The maximum absolute atomic E-state index is 6.68. The molecule has 6 nitrogen and oxygen atoms in total. The number of ether oxygens (including phenoxy) is 1. The van der Waals surface area contributed by atoms with Crippen molar-refractivity contribution in [2.24, 2.45) is 0 Å². The van der Waals surface area contributed by atoms with E-state index in [2.05, 4.69) is 72.8 Å². The van der Waals surface area contributed by atoms with E-state index in [9.17, 15) is 0 Å². The molecule has 248 valence electrons. The Morgan fingerprint density at radius 1 is 0.396 bits per heavy atom. The van der Waals surface area contributed by atoms with E-state index in [0.29, 0.717) is 23.4 Å². The molecular formula is C47H28N4O2. The molecular weight excluding hydrogens is 653 g/mol. The summed E-state index contributed by atoms with van der Waals surface area (Å²) in [6.07, 6.45) is 0. The Labute approximate surface area is 305 Å². The molecule has 3 heterocycles. The summed E-state index contributed by atoms with van der Waals surface area (Å²) in [6.45, 7) is 0. The maximum Gasteiger partial charge on any atom is 0.227 e. The molecule has 0 fully saturated rings. The molecule has 0 atom stereocenters. The second-order valence-corrected chi connectivity index (χ2v) is 13.4. The number of para-hydroxylation sites is 4. The summed E-state index contributed by atoms with van der Waals surface area (Å²) in [5, 5.41) is 0. The average Bonchev–Trinajstić information content (AvgIpc) is 3.79. The number of hydrogen-bond donors (Lipinski definition) is 0. The lowest BCUT2D eigenvalue weighted by Gasteiger charge is -2.40. The highest BCUT2D eigenvalue weighted by atomic mass is 16.5. The fraction of sp³-hybridized carbons (Fsp3) is 0.0213. The molecule has 0 saturated heterocycles. The van der Waals surface area contributed by atoms with Gasteiger partial charge in [-0.05, 0) is 58.7 Å². The first-order valence-corrected chi connectivity index (χ1v) is 17.6. The lowest BCUT2D eigenvalue weighted by Crippen LogP contribution is -2.32. The van der Waals surface area contributed by atoms with Crippen molar-refractivity contribution in [3.63, 3.8) is 0 Å². The molecule has 0 saturated carbocycles. The van der Waals surface area contributed by atoms with Gasteiger partial charge in [-0.1, -0.05) is 133 Å². The van der Waals surface area contributed by atoms with E-state index in [1.165, 1.54) is 0 Å². The molecule has 9 aromatic rings. The third kappa shape index (κ3) is 4.39. The summed E-state index contributed by atoms with van der Waals surface area (Å²) in [5.74, 6) is 4.01. The Morgan fingerprint density at radius 2 is 0.981 bits per heavy atom.